The number of likely N-dealkylation sites (N-methyl/N-ethyl adjacent to an activating group) is 2. The fourth-order valence-electron chi connectivity index (χ4n) is 4.12. The number of ether oxygens (including phenoxy) is 1. The van der Waals surface area contributed by atoms with Gasteiger partial charge in [0, 0.05) is 31.7 Å². The zero-order valence-electron chi connectivity index (χ0n) is 14.1. The summed E-state index contributed by atoms with van der Waals surface area (Å²) in [7, 11) is 0. The molecule has 0 aromatic heterocycles. The molecule has 2 rings (SSSR count). The molecule has 1 saturated carbocycles. The molecule has 2 fully saturated rings. The summed E-state index contributed by atoms with van der Waals surface area (Å²) in [6, 6.07) is 0. The average Bonchev–Trinajstić information content (AvgIpc) is 2.79. The van der Waals surface area contributed by atoms with Gasteiger partial charge in [0.2, 0.25) is 0 Å². The lowest BCUT2D eigenvalue weighted by Gasteiger charge is -2.45. The zero-order chi connectivity index (χ0) is 15.1. The van der Waals surface area contributed by atoms with Crippen molar-refractivity contribution in [2.24, 2.45) is 5.73 Å². The first-order valence-corrected chi connectivity index (χ1v) is 9.03. The van der Waals surface area contributed by atoms with E-state index in [0.717, 1.165) is 45.9 Å². The van der Waals surface area contributed by atoms with Crippen LogP contribution in [0.25, 0.3) is 0 Å². The van der Waals surface area contributed by atoms with Crippen LogP contribution in [0.15, 0.2) is 0 Å². The van der Waals surface area contributed by atoms with Gasteiger partial charge in [-0.15, -0.1) is 0 Å². The van der Waals surface area contributed by atoms with Crippen LogP contribution in [-0.2, 0) is 4.74 Å². The van der Waals surface area contributed by atoms with Crippen molar-refractivity contribution in [1.82, 2.24) is 9.80 Å². The molecule has 4 heteroatoms. The van der Waals surface area contributed by atoms with Crippen LogP contribution in [0.2, 0.25) is 0 Å². The van der Waals surface area contributed by atoms with Gasteiger partial charge in [0.15, 0.2) is 0 Å². The van der Waals surface area contributed by atoms with Gasteiger partial charge in [0.05, 0.1) is 12.7 Å². The predicted molar refractivity (Wildman–Crippen MR) is 88.6 cm³/mol. The SMILES string of the molecule is CCN1CCOC(CN(CC)C2(CN)CCCCCC2)C1. The van der Waals surface area contributed by atoms with Crippen molar-refractivity contribution in [3.05, 3.63) is 0 Å². The maximum absolute atomic E-state index is 6.25. The fraction of sp³-hybridized carbons (Fsp3) is 1.00. The Morgan fingerprint density at radius 1 is 1.19 bits per heavy atom. The normalized spacial score (nSPS) is 27.7. The smallest absolute Gasteiger partial charge is 0.0829 e. The van der Waals surface area contributed by atoms with E-state index in [2.05, 4.69) is 23.6 Å². The Labute approximate surface area is 131 Å². The molecular weight excluding hydrogens is 262 g/mol. The highest BCUT2D eigenvalue weighted by molar-refractivity contribution is 4.94. The Kier molecular flexibility index (Phi) is 6.93. The summed E-state index contributed by atoms with van der Waals surface area (Å²) in [5.74, 6) is 0. The quantitative estimate of drug-likeness (QED) is 0.762. The summed E-state index contributed by atoms with van der Waals surface area (Å²) in [6.07, 6.45) is 8.31. The van der Waals surface area contributed by atoms with E-state index in [1.54, 1.807) is 0 Å². The van der Waals surface area contributed by atoms with E-state index in [-0.39, 0.29) is 5.54 Å². The number of nitrogens with two attached hydrogens (primary N) is 1. The van der Waals surface area contributed by atoms with Gasteiger partial charge < -0.3 is 10.5 Å². The lowest BCUT2D eigenvalue weighted by atomic mass is 9.87. The standard InChI is InChI=1S/C17H35N3O/c1-3-19-11-12-21-16(13-19)14-20(4-2)17(15-18)9-7-5-6-8-10-17/h16H,3-15,18H2,1-2H3. The zero-order valence-corrected chi connectivity index (χ0v) is 14.1. The molecule has 1 heterocycles. The first-order valence-electron chi connectivity index (χ1n) is 9.03. The number of rotatable bonds is 6. The summed E-state index contributed by atoms with van der Waals surface area (Å²) >= 11 is 0. The molecule has 21 heavy (non-hydrogen) atoms. The highest BCUT2D eigenvalue weighted by Crippen LogP contribution is 2.32. The average molecular weight is 297 g/mol. The third kappa shape index (κ3) is 4.41. The van der Waals surface area contributed by atoms with Crippen LogP contribution in [0.3, 0.4) is 0 Å². The van der Waals surface area contributed by atoms with E-state index < -0.39 is 0 Å². The molecule has 0 bridgehead atoms. The summed E-state index contributed by atoms with van der Waals surface area (Å²) in [4.78, 5) is 5.15. The van der Waals surface area contributed by atoms with Gasteiger partial charge in [-0.25, -0.2) is 0 Å². The van der Waals surface area contributed by atoms with Gasteiger partial charge in [-0.1, -0.05) is 39.5 Å². The predicted octanol–water partition coefficient (Wildman–Crippen LogP) is 2.08. The van der Waals surface area contributed by atoms with E-state index in [9.17, 15) is 0 Å². The number of morpholine rings is 1. The number of nitrogens with zero attached hydrogens (tertiary/aromatic N) is 2. The van der Waals surface area contributed by atoms with E-state index in [1.165, 1.54) is 38.5 Å². The third-order valence-corrected chi connectivity index (χ3v) is 5.56. The van der Waals surface area contributed by atoms with Crippen molar-refractivity contribution in [2.75, 3.05) is 45.9 Å². The Balaban J connectivity index is 1.99. The van der Waals surface area contributed by atoms with Crippen LogP contribution in [0.1, 0.15) is 52.4 Å². The van der Waals surface area contributed by atoms with E-state index >= 15 is 0 Å². The second kappa shape index (κ2) is 8.47. The Morgan fingerprint density at radius 3 is 2.48 bits per heavy atom. The molecular formula is C17H35N3O. The van der Waals surface area contributed by atoms with Gasteiger partial charge in [-0.05, 0) is 25.9 Å². The molecule has 4 nitrogen and oxygen atoms in total. The van der Waals surface area contributed by atoms with Crippen molar-refractivity contribution in [1.29, 1.82) is 0 Å². The van der Waals surface area contributed by atoms with E-state index in [4.69, 9.17) is 10.5 Å². The first-order chi connectivity index (χ1) is 10.2. The van der Waals surface area contributed by atoms with Gasteiger partial charge in [-0.2, -0.15) is 0 Å². The summed E-state index contributed by atoms with van der Waals surface area (Å²) in [5, 5.41) is 0. The second-order valence-electron chi connectivity index (χ2n) is 6.77. The van der Waals surface area contributed by atoms with Crippen LogP contribution in [0, 0.1) is 0 Å². The molecule has 2 aliphatic rings. The molecule has 1 aliphatic carbocycles. The van der Waals surface area contributed by atoms with E-state index in [1.807, 2.05) is 0 Å². The minimum absolute atomic E-state index is 0.225. The maximum atomic E-state index is 6.25. The van der Waals surface area contributed by atoms with Crippen molar-refractivity contribution >= 4 is 0 Å². The molecule has 1 atom stereocenters. The Bertz CT molecular complexity index is 290. The Morgan fingerprint density at radius 2 is 1.90 bits per heavy atom. The number of hydrogen-bond acceptors (Lipinski definition) is 4. The molecule has 1 saturated heterocycles. The van der Waals surface area contributed by atoms with Crippen LogP contribution in [0.5, 0.6) is 0 Å². The van der Waals surface area contributed by atoms with Crippen LogP contribution >= 0.6 is 0 Å². The minimum Gasteiger partial charge on any atom is -0.374 e. The lowest BCUT2D eigenvalue weighted by molar-refractivity contribution is -0.0596. The van der Waals surface area contributed by atoms with Crippen molar-refractivity contribution in [3.63, 3.8) is 0 Å². The molecule has 0 radical (unpaired) electrons. The van der Waals surface area contributed by atoms with Crippen LogP contribution in [-0.4, -0.2) is 67.3 Å². The Hall–Kier alpha value is -0.160. The van der Waals surface area contributed by atoms with Crippen LogP contribution < -0.4 is 5.73 Å². The highest BCUT2D eigenvalue weighted by Gasteiger charge is 2.36. The lowest BCUT2D eigenvalue weighted by Crippen LogP contribution is -2.58. The molecule has 0 aromatic carbocycles. The van der Waals surface area contributed by atoms with Crippen molar-refractivity contribution < 1.29 is 4.74 Å². The fourth-order valence-corrected chi connectivity index (χ4v) is 4.12. The molecule has 2 N–H and O–H groups in total. The van der Waals surface area contributed by atoms with Gasteiger partial charge in [0.25, 0.3) is 0 Å². The number of hydrogen-bond donors (Lipinski definition) is 1. The molecule has 0 aromatic rings. The second-order valence-corrected chi connectivity index (χ2v) is 6.77. The topological polar surface area (TPSA) is 41.7 Å². The summed E-state index contributed by atoms with van der Waals surface area (Å²) in [6.45, 7) is 11.6. The highest BCUT2D eigenvalue weighted by atomic mass is 16.5. The van der Waals surface area contributed by atoms with Gasteiger partial charge in [-0.3, -0.25) is 9.80 Å². The molecule has 124 valence electrons. The first kappa shape index (κ1) is 17.2. The van der Waals surface area contributed by atoms with Crippen molar-refractivity contribution in [3.8, 4) is 0 Å². The van der Waals surface area contributed by atoms with E-state index in [0.29, 0.717) is 6.10 Å². The maximum Gasteiger partial charge on any atom is 0.0829 e. The van der Waals surface area contributed by atoms with Crippen molar-refractivity contribution in [2.45, 2.75) is 64.0 Å². The van der Waals surface area contributed by atoms with Crippen LogP contribution in [0.4, 0.5) is 0 Å². The molecule has 0 spiro atoms. The monoisotopic (exact) mass is 297 g/mol. The van der Waals surface area contributed by atoms with Gasteiger partial charge >= 0.3 is 0 Å². The third-order valence-electron chi connectivity index (χ3n) is 5.56. The molecule has 1 aliphatic heterocycles. The largest absolute Gasteiger partial charge is 0.374 e. The summed E-state index contributed by atoms with van der Waals surface area (Å²) < 4.78 is 6.03. The summed E-state index contributed by atoms with van der Waals surface area (Å²) in [5.41, 5.74) is 6.48. The molecule has 1 unspecified atom stereocenters. The molecule has 0 amide bonds. The minimum atomic E-state index is 0.225. The van der Waals surface area contributed by atoms with Gasteiger partial charge in [0.1, 0.15) is 0 Å².